The monoisotopic (exact) mass is 423 g/mol. The molecule has 6 nitrogen and oxygen atoms in total. The summed E-state index contributed by atoms with van der Waals surface area (Å²) in [6, 6.07) is 27.4. The summed E-state index contributed by atoms with van der Waals surface area (Å²) in [6.45, 7) is 0. The summed E-state index contributed by atoms with van der Waals surface area (Å²) in [6.07, 6.45) is 0. The van der Waals surface area contributed by atoms with Crippen molar-refractivity contribution in [1.29, 1.82) is 0 Å². The largest absolute Gasteiger partial charge is 0.457 e. The fraction of sp³-hybridized carbons (Fsp3) is 0.0476. The van der Waals surface area contributed by atoms with Gasteiger partial charge in [-0.3, -0.25) is 0 Å². The fourth-order valence-corrected chi connectivity index (χ4v) is 5.17. The van der Waals surface area contributed by atoms with E-state index in [2.05, 4.69) is 15.5 Å². The normalized spacial score (nSPS) is 12.1. The zero-order chi connectivity index (χ0) is 19.9. The summed E-state index contributed by atoms with van der Waals surface area (Å²) in [5, 5.41) is 11.6. The van der Waals surface area contributed by atoms with Crippen LogP contribution in [0.5, 0.6) is 11.5 Å². The van der Waals surface area contributed by atoms with Gasteiger partial charge in [0.15, 0.2) is 5.78 Å². The molecule has 1 heterocycles. The minimum Gasteiger partial charge on any atom is -0.414 e. The second-order valence-corrected chi connectivity index (χ2v) is 8.84. The predicted molar refractivity (Wildman–Crippen MR) is 114 cm³/mol. The van der Waals surface area contributed by atoms with E-state index in [0.717, 1.165) is 5.56 Å². The number of anilines is 1. The highest BCUT2D eigenvalue weighted by atomic mass is 32.1. The van der Waals surface area contributed by atoms with E-state index >= 15 is 0 Å². The average Bonchev–Trinajstić information content (AvgIpc) is 3.27. The van der Waals surface area contributed by atoms with Crippen molar-refractivity contribution in [2.24, 2.45) is 0 Å². The van der Waals surface area contributed by atoms with Crippen molar-refractivity contribution in [2.75, 3.05) is 5.32 Å². The number of hydrogen-bond donors (Lipinski definition) is 1. The maximum absolute atomic E-state index is 14.2. The summed E-state index contributed by atoms with van der Waals surface area (Å²) < 4.78 is 26.2. The molecule has 1 unspecified atom stereocenters. The molecule has 1 atom stereocenters. The van der Waals surface area contributed by atoms with Crippen LogP contribution < -0.4 is 14.4 Å². The van der Waals surface area contributed by atoms with Gasteiger partial charge in [0.1, 0.15) is 17.0 Å². The van der Waals surface area contributed by atoms with E-state index in [1.807, 2.05) is 66.7 Å². The van der Waals surface area contributed by atoms with Crippen LogP contribution in [0.1, 0.15) is 11.3 Å². The summed E-state index contributed by atoms with van der Waals surface area (Å²) in [5.41, 5.74) is 2.35. The van der Waals surface area contributed by atoms with E-state index in [-0.39, 0.29) is 0 Å². The van der Waals surface area contributed by atoms with Crippen molar-refractivity contribution < 1.29 is 13.6 Å². The summed E-state index contributed by atoms with van der Waals surface area (Å²) >= 11 is 1.31. The van der Waals surface area contributed by atoms with Gasteiger partial charge in [0.05, 0.1) is 0 Å². The second kappa shape index (κ2) is 8.90. The van der Waals surface area contributed by atoms with E-state index in [9.17, 15) is 4.57 Å². The zero-order valence-electron chi connectivity index (χ0n) is 15.3. The highest BCUT2D eigenvalue weighted by Gasteiger charge is 2.41. The van der Waals surface area contributed by atoms with E-state index in [4.69, 9.17) is 9.05 Å². The van der Waals surface area contributed by atoms with Gasteiger partial charge in [-0.2, -0.15) is 0 Å². The standard InChI is InChI=1S/C21H18N3O3PS/c25-28(26-18-12-6-2-7-13-18,27-19-14-8-3-9-15-19)20(17-10-4-1-5-11-17)23-21-24-22-16-29-21/h1-16,20H,(H,23,24). The molecule has 0 saturated carbocycles. The first-order valence-electron chi connectivity index (χ1n) is 8.90. The third-order valence-electron chi connectivity index (χ3n) is 4.00. The SMILES string of the molecule is O=P(Oc1ccccc1)(Oc1ccccc1)C(Nc1nncs1)c1ccccc1. The lowest BCUT2D eigenvalue weighted by Crippen LogP contribution is -2.18. The van der Waals surface area contributed by atoms with Gasteiger partial charge in [0.2, 0.25) is 5.13 Å². The van der Waals surface area contributed by atoms with Gasteiger partial charge in [-0.05, 0) is 29.8 Å². The van der Waals surface area contributed by atoms with Crippen LogP contribution in [0, 0.1) is 0 Å². The number of para-hydroxylation sites is 2. The van der Waals surface area contributed by atoms with Crippen molar-refractivity contribution >= 4 is 24.1 Å². The first-order chi connectivity index (χ1) is 14.2. The molecule has 146 valence electrons. The highest BCUT2D eigenvalue weighted by Crippen LogP contribution is 2.60. The molecule has 4 aromatic rings. The van der Waals surface area contributed by atoms with Crippen molar-refractivity contribution in [3.8, 4) is 11.5 Å². The van der Waals surface area contributed by atoms with E-state index in [1.165, 1.54) is 11.3 Å². The van der Waals surface area contributed by atoms with Crippen LogP contribution in [-0.4, -0.2) is 10.2 Å². The second-order valence-electron chi connectivity index (χ2n) is 6.05. The van der Waals surface area contributed by atoms with Crippen molar-refractivity contribution in [3.05, 3.63) is 102 Å². The molecule has 0 bridgehead atoms. The Hall–Kier alpha value is -3.15. The van der Waals surface area contributed by atoms with Gasteiger partial charge in [-0.1, -0.05) is 78.1 Å². The number of benzene rings is 3. The van der Waals surface area contributed by atoms with Crippen LogP contribution in [0.4, 0.5) is 5.13 Å². The minimum absolute atomic E-state index is 0.451. The summed E-state index contributed by atoms with van der Waals surface area (Å²) in [5.74, 6) is 0.107. The Labute approximate surface area is 172 Å². The molecule has 0 radical (unpaired) electrons. The Morgan fingerprint density at radius 3 is 1.79 bits per heavy atom. The first kappa shape index (κ1) is 19.2. The molecule has 0 aliphatic rings. The van der Waals surface area contributed by atoms with E-state index < -0.39 is 13.4 Å². The number of aromatic nitrogens is 2. The molecule has 0 fully saturated rings. The third-order valence-corrected chi connectivity index (χ3v) is 6.62. The summed E-state index contributed by atoms with van der Waals surface area (Å²) in [4.78, 5) is 0. The van der Waals surface area contributed by atoms with E-state index in [0.29, 0.717) is 16.6 Å². The molecule has 8 heteroatoms. The molecular formula is C21H18N3O3PS. The van der Waals surface area contributed by atoms with Gasteiger partial charge in [-0.15, -0.1) is 10.2 Å². The van der Waals surface area contributed by atoms with Crippen LogP contribution in [0.3, 0.4) is 0 Å². The lowest BCUT2D eigenvalue weighted by Gasteiger charge is -2.28. The smallest absolute Gasteiger partial charge is 0.414 e. The maximum atomic E-state index is 14.2. The molecule has 1 aromatic heterocycles. The van der Waals surface area contributed by atoms with Gasteiger partial charge in [0, 0.05) is 0 Å². The average molecular weight is 423 g/mol. The zero-order valence-corrected chi connectivity index (χ0v) is 17.0. The Kier molecular flexibility index (Phi) is 5.89. The van der Waals surface area contributed by atoms with Crippen LogP contribution in [-0.2, 0) is 4.57 Å². The molecule has 0 spiro atoms. The van der Waals surface area contributed by atoms with Gasteiger partial charge >= 0.3 is 7.60 Å². The number of nitrogens with one attached hydrogen (secondary N) is 1. The number of rotatable bonds is 8. The topological polar surface area (TPSA) is 73.3 Å². The molecule has 29 heavy (non-hydrogen) atoms. The lowest BCUT2D eigenvalue weighted by atomic mass is 10.2. The maximum Gasteiger partial charge on any atom is 0.457 e. The molecule has 1 N–H and O–H groups in total. The fourth-order valence-electron chi connectivity index (χ4n) is 2.71. The molecule has 0 amide bonds. The number of nitrogens with zero attached hydrogens (tertiary/aromatic N) is 2. The predicted octanol–water partition coefficient (Wildman–Crippen LogP) is 6.00. The van der Waals surface area contributed by atoms with Gasteiger partial charge in [-0.25, -0.2) is 4.57 Å². The Morgan fingerprint density at radius 1 is 0.793 bits per heavy atom. The number of hydrogen-bond acceptors (Lipinski definition) is 7. The molecule has 3 aromatic carbocycles. The molecule has 0 saturated heterocycles. The Morgan fingerprint density at radius 2 is 1.31 bits per heavy atom. The Balaban J connectivity index is 1.77. The Bertz CT molecular complexity index is 1020. The molecule has 0 aliphatic carbocycles. The van der Waals surface area contributed by atoms with Gasteiger partial charge in [0.25, 0.3) is 0 Å². The van der Waals surface area contributed by atoms with Crippen LogP contribution in [0.25, 0.3) is 0 Å². The summed E-state index contributed by atoms with van der Waals surface area (Å²) in [7, 11) is -3.81. The van der Waals surface area contributed by atoms with Crippen LogP contribution >= 0.6 is 18.9 Å². The minimum atomic E-state index is -3.81. The lowest BCUT2D eigenvalue weighted by molar-refractivity contribution is 0.376. The quantitative estimate of drug-likeness (QED) is 0.351. The van der Waals surface area contributed by atoms with Crippen molar-refractivity contribution in [2.45, 2.75) is 5.78 Å². The highest BCUT2D eigenvalue weighted by molar-refractivity contribution is 7.55. The van der Waals surface area contributed by atoms with E-state index in [1.54, 1.807) is 29.8 Å². The first-order valence-corrected chi connectivity index (χ1v) is 11.4. The van der Waals surface area contributed by atoms with Crippen molar-refractivity contribution in [3.63, 3.8) is 0 Å². The van der Waals surface area contributed by atoms with Crippen LogP contribution in [0.2, 0.25) is 0 Å². The molecule has 4 rings (SSSR count). The van der Waals surface area contributed by atoms with Crippen LogP contribution in [0.15, 0.2) is 96.5 Å². The van der Waals surface area contributed by atoms with Crippen molar-refractivity contribution in [1.82, 2.24) is 10.2 Å². The molecule has 0 aliphatic heterocycles. The van der Waals surface area contributed by atoms with Gasteiger partial charge < -0.3 is 14.4 Å². The molecular weight excluding hydrogens is 405 g/mol. The third kappa shape index (κ3) is 4.83.